The molecule has 100 valence electrons. The Kier molecular flexibility index (Phi) is 4.25. The summed E-state index contributed by atoms with van der Waals surface area (Å²) in [6, 6.07) is 2.72. The number of hydrogen-bond donors (Lipinski definition) is 1. The Labute approximate surface area is 106 Å². The molecule has 0 unspecified atom stereocenters. The Morgan fingerprint density at radius 1 is 1.28 bits per heavy atom. The third kappa shape index (κ3) is 3.04. The van der Waals surface area contributed by atoms with Gasteiger partial charge >= 0.3 is 0 Å². The summed E-state index contributed by atoms with van der Waals surface area (Å²) in [5.41, 5.74) is 5.88. The van der Waals surface area contributed by atoms with E-state index < -0.39 is 5.82 Å². The minimum Gasteiger partial charge on any atom is -0.494 e. The summed E-state index contributed by atoms with van der Waals surface area (Å²) in [5, 5.41) is 0. The zero-order chi connectivity index (χ0) is 13.0. The number of ether oxygens (including phenoxy) is 2. The fourth-order valence-corrected chi connectivity index (χ4v) is 2.13. The highest BCUT2D eigenvalue weighted by Crippen LogP contribution is 2.29. The number of rotatable bonds is 5. The minimum atomic E-state index is -0.449. The predicted molar refractivity (Wildman–Crippen MR) is 68.5 cm³/mol. The first-order valence-corrected chi connectivity index (χ1v) is 6.19. The van der Waals surface area contributed by atoms with Gasteiger partial charge in [0, 0.05) is 18.7 Å². The maximum Gasteiger partial charge on any atom is 0.167 e. The van der Waals surface area contributed by atoms with Gasteiger partial charge in [0.2, 0.25) is 0 Å². The molecule has 0 spiro atoms. The second-order valence-corrected chi connectivity index (χ2v) is 4.42. The Morgan fingerprint density at radius 2 is 2.00 bits per heavy atom. The maximum absolute atomic E-state index is 13.6. The van der Waals surface area contributed by atoms with Gasteiger partial charge in [0.25, 0.3) is 0 Å². The Morgan fingerprint density at radius 3 is 2.67 bits per heavy atom. The quantitative estimate of drug-likeness (QED) is 0.815. The van der Waals surface area contributed by atoms with E-state index in [0.29, 0.717) is 12.4 Å². The lowest BCUT2D eigenvalue weighted by Crippen LogP contribution is -2.25. The summed E-state index contributed by atoms with van der Waals surface area (Å²) in [6.45, 7) is 3.52. The zero-order valence-electron chi connectivity index (χ0n) is 10.6. The Hall–Kier alpha value is -1.49. The van der Waals surface area contributed by atoms with Gasteiger partial charge < -0.3 is 15.2 Å². The second-order valence-electron chi connectivity index (χ2n) is 4.42. The SMILES string of the molecule is COc1cc(OCCN2CCCC2)c(F)cc1N. The first kappa shape index (κ1) is 13.0. The van der Waals surface area contributed by atoms with Crippen molar-refractivity contribution in [2.45, 2.75) is 12.8 Å². The van der Waals surface area contributed by atoms with Gasteiger partial charge in [-0.3, -0.25) is 4.90 Å². The molecule has 1 saturated heterocycles. The molecule has 0 amide bonds. The molecule has 0 atom stereocenters. The number of methoxy groups -OCH3 is 1. The van der Waals surface area contributed by atoms with Crippen molar-refractivity contribution in [1.82, 2.24) is 4.90 Å². The van der Waals surface area contributed by atoms with E-state index in [2.05, 4.69) is 4.90 Å². The molecule has 0 aromatic heterocycles. The highest BCUT2D eigenvalue weighted by Gasteiger charge is 2.13. The molecule has 1 aromatic carbocycles. The van der Waals surface area contributed by atoms with Crippen molar-refractivity contribution < 1.29 is 13.9 Å². The number of nitrogen functional groups attached to an aromatic ring is 1. The van der Waals surface area contributed by atoms with Crippen molar-refractivity contribution in [3.8, 4) is 11.5 Å². The van der Waals surface area contributed by atoms with E-state index in [-0.39, 0.29) is 11.4 Å². The number of halogens is 1. The molecule has 2 N–H and O–H groups in total. The van der Waals surface area contributed by atoms with Crippen LogP contribution in [-0.4, -0.2) is 38.3 Å². The molecule has 1 heterocycles. The lowest BCUT2D eigenvalue weighted by atomic mass is 10.2. The minimum absolute atomic E-state index is 0.195. The lowest BCUT2D eigenvalue weighted by molar-refractivity contribution is 0.230. The number of nitrogens with zero attached hydrogens (tertiary/aromatic N) is 1. The average Bonchev–Trinajstić information content (AvgIpc) is 2.85. The monoisotopic (exact) mass is 254 g/mol. The van der Waals surface area contributed by atoms with Crippen molar-refractivity contribution >= 4 is 5.69 Å². The van der Waals surface area contributed by atoms with Gasteiger partial charge in [-0.2, -0.15) is 0 Å². The van der Waals surface area contributed by atoms with Crippen LogP contribution in [-0.2, 0) is 0 Å². The molecular formula is C13H19FN2O2. The van der Waals surface area contributed by atoms with E-state index in [1.165, 1.54) is 32.1 Å². The van der Waals surface area contributed by atoms with Gasteiger partial charge in [-0.05, 0) is 25.9 Å². The van der Waals surface area contributed by atoms with Crippen LogP contribution in [0.4, 0.5) is 10.1 Å². The maximum atomic E-state index is 13.6. The zero-order valence-corrected chi connectivity index (χ0v) is 10.6. The molecule has 2 rings (SSSR count). The van der Waals surface area contributed by atoms with Gasteiger partial charge in [-0.15, -0.1) is 0 Å². The number of benzene rings is 1. The number of likely N-dealkylation sites (tertiary alicyclic amines) is 1. The largest absolute Gasteiger partial charge is 0.494 e. The average molecular weight is 254 g/mol. The van der Waals surface area contributed by atoms with E-state index in [1.54, 1.807) is 0 Å². The number of anilines is 1. The lowest BCUT2D eigenvalue weighted by Gasteiger charge is -2.16. The van der Waals surface area contributed by atoms with E-state index in [9.17, 15) is 4.39 Å². The van der Waals surface area contributed by atoms with Crippen molar-refractivity contribution in [1.29, 1.82) is 0 Å². The molecule has 1 aliphatic heterocycles. The number of hydrogen-bond acceptors (Lipinski definition) is 4. The summed E-state index contributed by atoms with van der Waals surface area (Å²) < 4.78 is 24.1. The van der Waals surface area contributed by atoms with Crippen molar-refractivity contribution in [2.24, 2.45) is 0 Å². The summed E-state index contributed by atoms with van der Waals surface area (Å²) in [7, 11) is 1.50. The fraction of sp³-hybridized carbons (Fsp3) is 0.538. The molecule has 0 radical (unpaired) electrons. The normalized spacial score (nSPS) is 15.9. The summed E-state index contributed by atoms with van der Waals surface area (Å²) in [5.74, 6) is 0.183. The standard InChI is InChI=1S/C13H19FN2O2/c1-17-13-9-12(10(14)8-11(13)15)18-7-6-16-4-2-3-5-16/h8-9H,2-7,15H2,1H3. The molecule has 0 bridgehead atoms. The van der Waals surface area contributed by atoms with Gasteiger partial charge in [0.1, 0.15) is 12.4 Å². The third-order valence-electron chi connectivity index (χ3n) is 3.15. The topological polar surface area (TPSA) is 47.7 Å². The molecule has 0 aliphatic carbocycles. The van der Waals surface area contributed by atoms with Gasteiger partial charge in [0.05, 0.1) is 12.8 Å². The van der Waals surface area contributed by atoms with E-state index in [4.69, 9.17) is 15.2 Å². The smallest absolute Gasteiger partial charge is 0.167 e. The molecule has 1 fully saturated rings. The summed E-state index contributed by atoms with van der Waals surface area (Å²) in [6.07, 6.45) is 2.48. The van der Waals surface area contributed by atoms with Crippen LogP contribution in [0.15, 0.2) is 12.1 Å². The Balaban J connectivity index is 1.91. The van der Waals surface area contributed by atoms with Crippen LogP contribution in [0, 0.1) is 5.82 Å². The van der Waals surface area contributed by atoms with Crippen LogP contribution in [0.3, 0.4) is 0 Å². The summed E-state index contributed by atoms with van der Waals surface area (Å²) >= 11 is 0. The van der Waals surface area contributed by atoms with E-state index in [1.807, 2.05) is 0 Å². The van der Waals surface area contributed by atoms with Crippen LogP contribution in [0.2, 0.25) is 0 Å². The van der Waals surface area contributed by atoms with E-state index in [0.717, 1.165) is 19.6 Å². The Bertz CT molecular complexity index is 406. The van der Waals surface area contributed by atoms with Crippen LogP contribution in [0.5, 0.6) is 11.5 Å². The van der Waals surface area contributed by atoms with E-state index >= 15 is 0 Å². The summed E-state index contributed by atoms with van der Waals surface area (Å²) in [4.78, 5) is 2.31. The van der Waals surface area contributed by atoms with Crippen molar-refractivity contribution in [2.75, 3.05) is 39.1 Å². The van der Waals surface area contributed by atoms with Crippen LogP contribution < -0.4 is 15.2 Å². The first-order valence-electron chi connectivity index (χ1n) is 6.19. The highest BCUT2D eigenvalue weighted by molar-refractivity contribution is 5.56. The van der Waals surface area contributed by atoms with Crippen LogP contribution in [0.25, 0.3) is 0 Å². The first-order chi connectivity index (χ1) is 8.70. The molecular weight excluding hydrogens is 235 g/mol. The number of nitrogens with two attached hydrogens (primary N) is 1. The third-order valence-corrected chi connectivity index (χ3v) is 3.15. The molecule has 1 aromatic rings. The van der Waals surface area contributed by atoms with Crippen LogP contribution >= 0.6 is 0 Å². The van der Waals surface area contributed by atoms with Gasteiger partial charge in [-0.1, -0.05) is 0 Å². The molecule has 0 saturated carbocycles. The highest BCUT2D eigenvalue weighted by atomic mass is 19.1. The van der Waals surface area contributed by atoms with Crippen molar-refractivity contribution in [3.05, 3.63) is 17.9 Å². The van der Waals surface area contributed by atoms with Gasteiger partial charge in [0.15, 0.2) is 11.6 Å². The molecule has 4 nitrogen and oxygen atoms in total. The molecule has 1 aliphatic rings. The van der Waals surface area contributed by atoms with Crippen LogP contribution in [0.1, 0.15) is 12.8 Å². The van der Waals surface area contributed by atoms with Gasteiger partial charge in [-0.25, -0.2) is 4.39 Å². The predicted octanol–water partition coefficient (Wildman–Crippen LogP) is 1.89. The molecule has 5 heteroatoms. The second kappa shape index (κ2) is 5.91. The van der Waals surface area contributed by atoms with Crippen molar-refractivity contribution in [3.63, 3.8) is 0 Å². The molecule has 18 heavy (non-hydrogen) atoms. The fourth-order valence-electron chi connectivity index (χ4n) is 2.13.